The maximum atomic E-state index is 11.6. The maximum absolute atomic E-state index is 11.6. The second-order valence-electron chi connectivity index (χ2n) is 11.6. The summed E-state index contributed by atoms with van der Waals surface area (Å²) in [6.07, 6.45) is 6.33. The monoisotopic (exact) mass is 450 g/mol. The van der Waals surface area contributed by atoms with E-state index in [0.717, 1.165) is 25.7 Å². The number of piperidine rings is 2. The van der Waals surface area contributed by atoms with E-state index in [9.17, 15) is 9.59 Å². The van der Waals surface area contributed by atoms with Gasteiger partial charge in [-0.3, -0.25) is 4.90 Å². The third-order valence-corrected chi connectivity index (χ3v) is 7.20. The van der Waals surface area contributed by atoms with Crippen molar-refractivity contribution in [2.24, 2.45) is 0 Å². The third kappa shape index (κ3) is 6.67. The molecule has 0 spiro atoms. The Kier molecular flexibility index (Phi) is 8.94. The van der Waals surface area contributed by atoms with Gasteiger partial charge in [-0.25, -0.2) is 9.59 Å². The van der Waals surface area contributed by atoms with Crippen molar-refractivity contribution in [1.29, 1.82) is 0 Å². The summed E-state index contributed by atoms with van der Waals surface area (Å²) in [5, 5.41) is 1.83. The van der Waals surface area contributed by atoms with Crippen LogP contribution in [0.1, 0.15) is 94.4 Å². The zero-order valence-electron chi connectivity index (χ0n) is 22.1. The summed E-state index contributed by atoms with van der Waals surface area (Å²) in [6.45, 7) is 25.9. The van der Waals surface area contributed by atoms with Gasteiger partial charge in [0.25, 0.3) is 0 Å². The summed E-state index contributed by atoms with van der Waals surface area (Å²) in [7, 11) is 2.10. The molecule has 0 N–H and O–H groups in total. The average Bonchev–Trinajstić information content (AvgIpc) is 2.65. The minimum absolute atomic E-state index is 0.0651. The van der Waals surface area contributed by atoms with Gasteiger partial charge < -0.3 is 9.57 Å². The van der Waals surface area contributed by atoms with Crippen LogP contribution in [0.15, 0.2) is 24.8 Å². The fraction of sp³-hybridized carbons (Fsp3) is 0.769. The molecule has 0 aromatic carbocycles. The van der Waals surface area contributed by atoms with E-state index < -0.39 is 0 Å². The first-order valence-electron chi connectivity index (χ1n) is 11.6. The van der Waals surface area contributed by atoms with E-state index in [2.05, 4.69) is 80.5 Å². The normalized spacial score (nSPS) is 26.1. The lowest BCUT2D eigenvalue weighted by atomic mass is 9.78. The van der Waals surface area contributed by atoms with E-state index in [4.69, 9.17) is 9.57 Å². The first-order valence-corrected chi connectivity index (χ1v) is 11.6. The molecule has 0 aromatic heterocycles. The number of esters is 1. The fourth-order valence-corrected chi connectivity index (χ4v) is 4.78. The molecule has 1 atom stereocenters. The number of likely N-dealkylation sites (tertiary alicyclic amines) is 1. The average molecular weight is 451 g/mol. The Bertz CT molecular complexity index is 705. The van der Waals surface area contributed by atoms with Crippen LogP contribution in [0.2, 0.25) is 0 Å². The van der Waals surface area contributed by atoms with Crippen molar-refractivity contribution in [1.82, 2.24) is 9.96 Å². The van der Waals surface area contributed by atoms with Crippen LogP contribution in [0.3, 0.4) is 0 Å². The van der Waals surface area contributed by atoms with Crippen LogP contribution in [0.5, 0.6) is 0 Å². The largest absolute Gasteiger partial charge is 0.457 e. The number of carbonyl (C=O) groups excluding carboxylic acids is 2. The van der Waals surface area contributed by atoms with Gasteiger partial charge in [0.1, 0.15) is 6.10 Å². The third-order valence-electron chi connectivity index (χ3n) is 7.20. The number of hydrogen-bond donors (Lipinski definition) is 0. The summed E-state index contributed by atoms with van der Waals surface area (Å²) in [5.74, 6) is -0.658. The zero-order chi connectivity index (χ0) is 25.1. The highest BCUT2D eigenvalue weighted by Crippen LogP contribution is 2.39. The molecular formula is C26H46N2O4. The van der Waals surface area contributed by atoms with Gasteiger partial charge in [-0.15, -0.1) is 5.06 Å². The van der Waals surface area contributed by atoms with Crippen molar-refractivity contribution in [3.8, 4) is 0 Å². The quantitative estimate of drug-likeness (QED) is 0.420. The molecule has 2 saturated heterocycles. The number of carbonyl (C=O) groups is 2. The van der Waals surface area contributed by atoms with E-state index in [1.165, 1.54) is 12.5 Å². The molecule has 0 amide bonds. The van der Waals surface area contributed by atoms with Gasteiger partial charge in [-0.2, -0.15) is 0 Å². The fourth-order valence-electron chi connectivity index (χ4n) is 4.78. The molecule has 2 aliphatic rings. The van der Waals surface area contributed by atoms with Crippen molar-refractivity contribution in [3.63, 3.8) is 0 Å². The Morgan fingerprint density at radius 2 is 1.44 bits per heavy atom. The number of nitrogens with zero attached hydrogens (tertiary/aromatic N) is 2. The molecule has 2 rings (SSSR count). The molecule has 6 nitrogen and oxygen atoms in total. The molecule has 2 aliphatic heterocycles. The Hall–Kier alpha value is -1.66. The highest BCUT2D eigenvalue weighted by atomic mass is 16.7. The minimum atomic E-state index is -0.377. The lowest BCUT2D eigenvalue weighted by molar-refractivity contribution is -0.261. The number of rotatable bonds is 4. The second-order valence-corrected chi connectivity index (χ2v) is 11.6. The van der Waals surface area contributed by atoms with Crippen LogP contribution >= 0.6 is 0 Å². The van der Waals surface area contributed by atoms with E-state index in [-0.39, 0.29) is 40.2 Å². The molecule has 0 bridgehead atoms. The molecule has 32 heavy (non-hydrogen) atoms. The van der Waals surface area contributed by atoms with E-state index >= 15 is 0 Å². The van der Waals surface area contributed by atoms with Crippen molar-refractivity contribution >= 4 is 11.9 Å². The summed E-state index contributed by atoms with van der Waals surface area (Å²) >= 11 is 0. The van der Waals surface area contributed by atoms with Gasteiger partial charge in [-0.1, -0.05) is 13.2 Å². The Balaban J connectivity index is 0.000000323. The molecule has 0 radical (unpaired) electrons. The minimum Gasteiger partial charge on any atom is -0.457 e. The number of hydrogen-bond acceptors (Lipinski definition) is 6. The summed E-state index contributed by atoms with van der Waals surface area (Å²) in [4.78, 5) is 30.6. The van der Waals surface area contributed by atoms with Crippen molar-refractivity contribution in [3.05, 3.63) is 24.8 Å². The molecule has 184 valence electrons. The zero-order valence-corrected chi connectivity index (χ0v) is 22.1. The van der Waals surface area contributed by atoms with Crippen molar-refractivity contribution in [2.75, 3.05) is 7.05 Å². The Morgan fingerprint density at radius 3 is 1.88 bits per heavy atom. The molecule has 2 fully saturated rings. The molecule has 0 aliphatic carbocycles. The standard InChI is InChI=1S/C14H25NO2.C12H21NO2/c1-10(2)12(16)17-11-8-9-13(3,4)15(7)14(11,5)6;1-6-10(14)15-13-11(2,3)8-7-9-12(13,4)5/h11H,1,8-9H2,2-7H3;6H,1,7-9H2,2-5H3. The number of hydroxylamine groups is 2. The van der Waals surface area contributed by atoms with Gasteiger partial charge in [0, 0.05) is 17.2 Å². The highest BCUT2D eigenvalue weighted by Gasteiger charge is 2.47. The van der Waals surface area contributed by atoms with Crippen molar-refractivity contribution < 1.29 is 19.2 Å². The van der Waals surface area contributed by atoms with Crippen LogP contribution in [0, 0.1) is 0 Å². The van der Waals surface area contributed by atoms with E-state index in [1.54, 1.807) is 6.92 Å². The molecule has 0 saturated carbocycles. The van der Waals surface area contributed by atoms with Gasteiger partial charge in [0.15, 0.2) is 0 Å². The van der Waals surface area contributed by atoms with E-state index in [1.807, 2.05) is 5.06 Å². The summed E-state index contributed by atoms with van der Waals surface area (Å²) in [5.41, 5.74) is 0.275. The van der Waals surface area contributed by atoms with E-state index in [0.29, 0.717) is 5.57 Å². The van der Waals surface area contributed by atoms with Crippen LogP contribution in [-0.2, 0) is 19.2 Å². The lowest BCUT2D eigenvalue weighted by Crippen LogP contribution is -2.63. The van der Waals surface area contributed by atoms with Crippen molar-refractivity contribution in [2.45, 2.75) is 123 Å². The number of likely N-dealkylation sites (N-methyl/N-ethyl adjacent to an activating group) is 1. The SMILES string of the molecule is C=C(C)C(=O)OC1CCC(C)(C)N(C)C1(C)C.C=CC(=O)ON1C(C)(C)CCCC1(C)C. The van der Waals surface area contributed by atoms with Crippen LogP contribution in [0.4, 0.5) is 0 Å². The van der Waals surface area contributed by atoms with Gasteiger partial charge in [0.05, 0.1) is 16.6 Å². The highest BCUT2D eigenvalue weighted by molar-refractivity contribution is 5.87. The number of ether oxygens (including phenoxy) is 1. The Morgan fingerprint density at radius 1 is 0.938 bits per heavy atom. The van der Waals surface area contributed by atoms with Gasteiger partial charge in [0.2, 0.25) is 0 Å². The smallest absolute Gasteiger partial charge is 0.349 e. The summed E-state index contributed by atoms with van der Waals surface area (Å²) in [6, 6.07) is 0. The van der Waals surface area contributed by atoms with Crippen LogP contribution in [0.25, 0.3) is 0 Å². The van der Waals surface area contributed by atoms with Gasteiger partial charge >= 0.3 is 11.9 Å². The second kappa shape index (κ2) is 10.1. The van der Waals surface area contributed by atoms with Gasteiger partial charge in [-0.05, 0) is 101 Å². The predicted octanol–water partition coefficient (Wildman–Crippen LogP) is 5.43. The molecule has 6 heteroatoms. The van der Waals surface area contributed by atoms with Crippen LogP contribution in [-0.4, -0.2) is 57.2 Å². The summed E-state index contributed by atoms with van der Waals surface area (Å²) < 4.78 is 5.55. The maximum Gasteiger partial charge on any atom is 0.349 e. The first-order chi connectivity index (χ1) is 14.4. The first kappa shape index (κ1) is 28.4. The molecular weight excluding hydrogens is 404 g/mol. The Labute approximate surface area is 196 Å². The lowest BCUT2D eigenvalue weighted by Gasteiger charge is -2.54. The molecule has 2 heterocycles. The van der Waals surface area contributed by atoms with Crippen LogP contribution < -0.4 is 0 Å². The predicted molar refractivity (Wildman–Crippen MR) is 130 cm³/mol. The molecule has 1 unspecified atom stereocenters. The molecule has 0 aromatic rings. The topological polar surface area (TPSA) is 59.1 Å².